The van der Waals surface area contributed by atoms with Gasteiger partial charge in [0.1, 0.15) is 17.6 Å². The molecule has 2 amide bonds. The maximum atomic E-state index is 13.8. The van der Waals surface area contributed by atoms with Crippen molar-refractivity contribution in [1.29, 1.82) is 0 Å². The number of rotatable bonds is 5. The van der Waals surface area contributed by atoms with E-state index in [2.05, 4.69) is 10.3 Å². The number of thiazole rings is 1. The Kier molecular flexibility index (Phi) is 4.83. The molecule has 1 aromatic carbocycles. The van der Waals surface area contributed by atoms with E-state index in [-0.39, 0.29) is 18.8 Å². The minimum Gasteiger partial charge on any atom is -0.530 e. The van der Waals surface area contributed by atoms with Crippen molar-refractivity contribution in [2.75, 3.05) is 13.1 Å². The minimum absolute atomic E-state index is 0.0211. The largest absolute Gasteiger partial charge is 0.530 e. The number of aromatic nitrogens is 1. The Balaban J connectivity index is 2.08. The lowest BCUT2D eigenvalue weighted by Crippen LogP contribution is -2.41. The Morgan fingerprint density at radius 2 is 1.95 bits per heavy atom. The second-order valence-corrected chi connectivity index (χ2v) is 4.83. The van der Waals surface area contributed by atoms with Gasteiger partial charge in [-0.15, -0.1) is 11.3 Å². The predicted molar refractivity (Wildman–Crippen MR) is 73.2 cm³/mol. The van der Waals surface area contributed by atoms with Gasteiger partial charge in [0.25, 0.3) is 5.91 Å². The SMILES string of the molecule is O=C([O-])NCCNC(=O)c1ncsc1-c1ccccc1F. The van der Waals surface area contributed by atoms with Gasteiger partial charge in [-0.2, -0.15) is 0 Å². The van der Waals surface area contributed by atoms with Gasteiger partial charge in [-0.25, -0.2) is 9.37 Å². The molecule has 0 saturated carbocycles. The van der Waals surface area contributed by atoms with E-state index in [9.17, 15) is 19.1 Å². The van der Waals surface area contributed by atoms with Crippen LogP contribution in [0.2, 0.25) is 0 Å². The highest BCUT2D eigenvalue weighted by molar-refractivity contribution is 7.13. The highest BCUT2D eigenvalue weighted by Crippen LogP contribution is 2.29. The van der Waals surface area contributed by atoms with Crippen LogP contribution < -0.4 is 15.7 Å². The Morgan fingerprint density at radius 1 is 1.24 bits per heavy atom. The van der Waals surface area contributed by atoms with Crippen molar-refractivity contribution >= 4 is 23.3 Å². The van der Waals surface area contributed by atoms with Crippen LogP contribution in [0.4, 0.5) is 9.18 Å². The summed E-state index contributed by atoms with van der Waals surface area (Å²) in [6.07, 6.45) is -1.41. The molecule has 8 heteroatoms. The first kappa shape index (κ1) is 14.9. The quantitative estimate of drug-likeness (QED) is 0.791. The van der Waals surface area contributed by atoms with E-state index in [1.807, 2.05) is 5.32 Å². The van der Waals surface area contributed by atoms with Gasteiger partial charge in [0.05, 0.1) is 10.4 Å². The molecule has 110 valence electrons. The third kappa shape index (κ3) is 3.76. The summed E-state index contributed by atoms with van der Waals surface area (Å²) in [5.74, 6) is -0.927. The van der Waals surface area contributed by atoms with E-state index in [1.54, 1.807) is 18.2 Å². The number of carbonyl (C=O) groups excluding carboxylic acids is 2. The van der Waals surface area contributed by atoms with Crippen LogP contribution in [0.1, 0.15) is 10.5 Å². The number of nitrogens with one attached hydrogen (secondary N) is 2. The number of benzene rings is 1. The summed E-state index contributed by atoms with van der Waals surface area (Å²) in [6, 6.07) is 6.10. The van der Waals surface area contributed by atoms with Crippen LogP contribution in [0, 0.1) is 5.82 Å². The van der Waals surface area contributed by atoms with E-state index in [4.69, 9.17) is 0 Å². The first-order chi connectivity index (χ1) is 10.1. The number of hydrogen-bond acceptors (Lipinski definition) is 5. The Morgan fingerprint density at radius 3 is 2.67 bits per heavy atom. The zero-order chi connectivity index (χ0) is 15.2. The van der Waals surface area contributed by atoms with Gasteiger partial charge in [0, 0.05) is 18.7 Å². The summed E-state index contributed by atoms with van der Waals surface area (Å²) in [7, 11) is 0. The summed E-state index contributed by atoms with van der Waals surface area (Å²) < 4.78 is 13.8. The predicted octanol–water partition coefficient (Wildman–Crippen LogP) is 0.612. The van der Waals surface area contributed by atoms with Gasteiger partial charge in [-0.3, -0.25) is 4.79 Å². The lowest BCUT2D eigenvalue weighted by Gasteiger charge is -2.08. The normalized spacial score (nSPS) is 10.1. The zero-order valence-corrected chi connectivity index (χ0v) is 11.6. The summed E-state index contributed by atoms with van der Waals surface area (Å²) in [6.45, 7) is 0.105. The topological polar surface area (TPSA) is 94.1 Å². The Bertz CT molecular complexity index is 660. The number of carbonyl (C=O) groups is 2. The third-order valence-electron chi connectivity index (χ3n) is 2.58. The van der Waals surface area contributed by atoms with Gasteiger partial charge in [0.15, 0.2) is 0 Å². The third-order valence-corrected chi connectivity index (χ3v) is 3.44. The molecular weight excluding hydrogens is 297 g/mol. The molecule has 0 spiro atoms. The summed E-state index contributed by atoms with van der Waals surface area (Å²) >= 11 is 1.16. The first-order valence-corrected chi connectivity index (χ1v) is 6.89. The molecule has 0 aliphatic carbocycles. The van der Waals surface area contributed by atoms with Gasteiger partial charge >= 0.3 is 0 Å². The minimum atomic E-state index is -1.41. The van der Waals surface area contributed by atoms with Gasteiger partial charge < -0.3 is 20.5 Å². The molecule has 0 bridgehead atoms. The zero-order valence-electron chi connectivity index (χ0n) is 10.8. The molecule has 1 heterocycles. The fourth-order valence-corrected chi connectivity index (χ4v) is 2.48. The van der Waals surface area contributed by atoms with Crippen LogP contribution in [-0.2, 0) is 0 Å². The second-order valence-electron chi connectivity index (χ2n) is 3.98. The lowest BCUT2D eigenvalue weighted by molar-refractivity contribution is -0.250. The molecule has 0 unspecified atom stereocenters. The van der Waals surface area contributed by atoms with Crippen LogP contribution in [0.3, 0.4) is 0 Å². The molecule has 1 aromatic heterocycles. The highest BCUT2D eigenvalue weighted by Gasteiger charge is 2.18. The van der Waals surface area contributed by atoms with Crippen molar-refractivity contribution in [2.24, 2.45) is 0 Å². The molecule has 0 atom stereocenters. The van der Waals surface area contributed by atoms with Crippen LogP contribution in [0.25, 0.3) is 10.4 Å². The maximum Gasteiger partial charge on any atom is 0.271 e. The summed E-state index contributed by atoms with van der Waals surface area (Å²) in [4.78, 5) is 26.5. The average Bonchev–Trinajstić information content (AvgIpc) is 2.93. The molecule has 0 aliphatic heterocycles. The van der Waals surface area contributed by atoms with Crippen LogP contribution >= 0.6 is 11.3 Å². The lowest BCUT2D eigenvalue weighted by atomic mass is 10.1. The van der Waals surface area contributed by atoms with Crippen molar-refractivity contribution < 1.29 is 19.1 Å². The maximum absolute atomic E-state index is 13.8. The molecule has 0 aliphatic rings. The van der Waals surface area contributed by atoms with Gasteiger partial charge in [0.2, 0.25) is 0 Å². The number of carboxylic acid groups (broad SMARTS) is 1. The van der Waals surface area contributed by atoms with Crippen LogP contribution in [0.15, 0.2) is 29.8 Å². The fourth-order valence-electron chi connectivity index (χ4n) is 1.67. The molecule has 2 aromatic rings. The van der Waals surface area contributed by atoms with E-state index < -0.39 is 17.8 Å². The van der Waals surface area contributed by atoms with Crippen LogP contribution in [-0.4, -0.2) is 30.1 Å². The van der Waals surface area contributed by atoms with E-state index in [0.29, 0.717) is 10.4 Å². The van der Waals surface area contributed by atoms with Gasteiger partial charge in [-0.05, 0) is 6.07 Å². The number of hydrogen-bond donors (Lipinski definition) is 2. The van der Waals surface area contributed by atoms with Crippen LogP contribution in [0.5, 0.6) is 0 Å². The van der Waals surface area contributed by atoms with E-state index in [1.165, 1.54) is 11.6 Å². The molecular formula is C13H11FN3O3S-. The summed E-state index contributed by atoms with van der Waals surface area (Å²) in [5, 5.41) is 14.7. The molecule has 6 nitrogen and oxygen atoms in total. The molecule has 0 saturated heterocycles. The number of halogens is 1. The van der Waals surface area contributed by atoms with Crippen molar-refractivity contribution in [1.82, 2.24) is 15.6 Å². The molecule has 0 fully saturated rings. The highest BCUT2D eigenvalue weighted by atomic mass is 32.1. The smallest absolute Gasteiger partial charge is 0.271 e. The number of nitrogens with zero attached hydrogens (tertiary/aromatic N) is 1. The van der Waals surface area contributed by atoms with Crippen molar-refractivity contribution in [3.8, 4) is 10.4 Å². The molecule has 21 heavy (non-hydrogen) atoms. The van der Waals surface area contributed by atoms with E-state index >= 15 is 0 Å². The van der Waals surface area contributed by atoms with Crippen molar-refractivity contribution in [2.45, 2.75) is 0 Å². The molecule has 2 N–H and O–H groups in total. The van der Waals surface area contributed by atoms with Crippen molar-refractivity contribution in [3.63, 3.8) is 0 Å². The van der Waals surface area contributed by atoms with E-state index in [0.717, 1.165) is 11.3 Å². The molecule has 0 radical (unpaired) electrons. The average molecular weight is 308 g/mol. The van der Waals surface area contributed by atoms with Gasteiger partial charge in [-0.1, -0.05) is 18.2 Å². The summed E-state index contributed by atoms with van der Waals surface area (Å²) in [5.41, 5.74) is 1.87. The number of amides is 2. The Labute approximate surface area is 123 Å². The fraction of sp³-hybridized carbons (Fsp3) is 0.154. The second kappa shape index (κ2) is 6.80. The standard InChI is InChI=1S/C13H12FN3O3S/c14-9-4-2-1-3-8(9)11-10(17-7-21-11)12(18)15-5-6-16-13(19)20/h1-4,7,16H,5-6H2,(H,15,18)(H,19,20)/p-1. The molecule has 2 rings (SSSR count). The monoisotopic (exact) mass is 308 g/mol. The Hall–Kier alpha value is -2.48. The first-order valence-electron chi connectivity index (χ1n) is 6.01. The van der Waals surface area contributed by atoms with Crippen molar-refractivity contribution in [3.05, 3.63) is 41.3 Å².